The molecule has 4 aromatic rings. The number of piperazine rings is 1. The maximum absolute atomic E-state index is 16.9. The number of piperidine rings is 1. The largest absolute Gasteiger partial charge is 0.462 e. The highest BCUT2D eigenvalue weighted by Crippen LogP contribution is 2.46. The number of aromatic nitrogens is 2. The number of nitrogens with two attached hydrogens (primary N) is 1. The smallest absolute Gasteiger partial charge is 0.319 e. The Hall–Kier alpha value is -3.63. The third-order valence-corrected chi connectivity index (χ3v) is 10.6. The van der Waals surface area contributed by atoms with Crippen molar-refractivity contribution < 1.29 is 17.9 Å². The Kier molecular flexibility index (Phi) is 7.55. The van der Waals surface area contributed by atoms with Gasteiger partial charge >= 0.3 is 6.01 Å². The molecule has 2 aromatic carbocycles. The monoisotopic (exact) mass is 653 g/mol. The normalized spacial score (nSPS) is 24.6. The van der Waals surface area contributed by atoms with E-state index in [0.29, 0.717) is 53.9 Å². The molecular weight excluding hydrogens is 623 g/mol. The molecule has 3 aliphatic heterocycles. The van der Waals surface area contributed by atoms with Gasteiger partial charge in [0.1, 0.15) is 34.8 Å². The Bertz CT molecular complexity index is 1920. The molecule has 45 heavy (non-hydrogen) atoms. The number of ether oxygens (including phenoxy) is 1. The molecule has 0 saturated carbocycles. The molecule has 7 rings (SSSR count). The van der Waals surface area contributed by atoms with Crippen LogP contribution in [0, 0.1) is 28.4 Å². The minimum absolute atomic E-state index is 0.0489. The lowest BCUT2D eigenvalue weighted by Gasteiger charge is -2.40. The first-order valence-corrected chi connectivity index (χ1v) is 16.0. The zero-order valence-corrected chi connectivity index (χ0v) is 26.3. The van der Waals surface area contributed by atoms with E-state index in [9.17, 15) is 9.65 Å². The molecule has 0 amide bonds. The van der Waals surface area contributed by atoms with Crippen LogP contribution in [0.2, 0.25) is 5.02 Å². The lowest BCUT2D eigenvalue weighted by Crippen LogP contribution is -2.51. The summed E-state index contributed by atoms with van der Waals surface area (Å²) in [5.41, 5.74) is 5.66. The molecular formula is C32H31ClF3N7OS. The van der Waals surface area contributed by atoms with Crippen molar-refractivity contribution in [1.82, 2.24) is 20.2 Å². The van der Waals surface area contributed by atoms with Crippen LogP contribution >= 0.6 is 22.9 Å². The van der Waals surface area contributed by atoms with Crippen LogP contribution in [0.25, 0.3) is 32.1 Å². The highest BCUT2D eigenvalue weighted by molar-refractivity contribution is 7.23. The molecule has 3 saturated heterocycles. The number of anilines is 2. The van der Waals surface area contributed by atoms with Gasteiger partial charge in [0.15, 0.2) is 5.82 Å². The van der Waals surface area contributed by atoms with Crippen LogP contribution in [-0.4, -0.2) is 66.8 Å². The molecule has 2 aromatic heterocycles. The maximum atomic E-state index is 16.9. The molecule has 2 bridgehead atoms. The average Bonchev–Trinajstić information content (AvgIpc) is 3.53. The number of likely N-dealkylation sites (tertiary alicyclic amines) is 1. The minimum Gasteiger partial charge on any atom is -0.462 e. The average molecular weight is 654 g/mol. The van der Waals surface area contributed by atoms with Gasteiger partial charge in [0.05, 0.1) is 16.9 Å². The SMILES string of the molecule is CN1CC/C(=C\F)[C@](C)(COc2nc(N3C[C@H]4CC[C@@H](C3)N4)c3cc(Cl)c(-c4c(F)ccc5sc(N)c(C#N)c45)c(F)c3n2)C1. The van der Waals surface area contributed by atoms with Crippen molar-refractivity contribution >= 4 is 54.7 Å². The molecule has 3 aliphatic rings. The van der Waals surface area contributed by atoms with Crippen LogP contribution in [0.4, 0.5) is 24.0 Å². The quantitative estimate of drug-likeness (QED) is 0.255. The zero-order valence-electron chi connectivity index (χ0n) is 24.8. The molecule has 0 aliphatic carbocycles. The minimum atomic E-state index is -0.864. The number of nitrogens with one attached hydrogen (secondary N) is 1. The molecule has 3 fully saturated rings. The Balaban J connectivity index is 1.40. The molecule has 0 radical (unpaired) electrons. The summed E-state index contributed by atoms with van der Waals surface area (Å²) in [4.78, 5) is 13.5. The van der Waals surface area contributed by atoms with Gasteiger partial charge in [-0.05, 0) is 50.1 Å². The molecule has 13 heteroatoms. The van der Waals surface area contributed by atoms with Crippen molar-refractivity contribution in [3.05, 3.63) is 52.3 Å². The second kappa shape index (κ2) is 11.3. The number of halogens is 4. The summed E-state index contributed by atoms with van der Waals surface area (Å²) < 4.78 is 53.1. The first-order valence-electron chi connectivity index (χ1n) is 14.8. The fraction of sp³-hybridized carbons (Fsp3) is 0.406. The molecule has 3 atom stereocenters. The second-order valence-corrected chi connectivity index (χ2v) is 14.0. The highest BCUT2D eigenvalue weighted by atomic mass is 35.5. The van der Waals surface area contributed by atoms with Crippen LogP contribution in [-0.2, 0) is 0 Å². The lowest BCUT2D eigenvalue weighted by atomic mass is 9.78. The van der Waals surface area contributed by atoms with Crippen molar-refractivity contribution in [1.29, 1.82) is 5.26 Å². The van der Waals surface area contributed by atoms with Crippen LogP contribution in [0.3, 0.4) is 0 Å². The Morgan fingerprint density at radius 1 is 1.24 bits per heavy atom. The first-order chi connectivity index (χ1) is 21.6. The van der Waals surface area contributed by atoms with Gasteiger partial charge < -0.3 is 25.6 Å². The molecule has 5 heterocycles. The fourth-order valence-corrected chi connectivity index (χ4v) is 8.36. The van der Waals surface area contributed by atoms with Crippen molar-refractivity contribution in [3.8, 4) is 23.2 Å². The van der Waals surface area contributed by atoms with E-state index in [1.807, 2.05) is 20.0 Å². The molecule has 0 unspecified atom stereocenters. The summed E-state index contributed by atoms with van der Waals surface area (Å²) in [6.07, 6.45) is 3.25. The zero-order chi connectivity index (χ0) is 31.6. The Morgan fingerprint density at radius 2 is 2.00 bits per heavy atom. The standard InChI is InChI=1S/C32H31ClF3N7OS/c1-32(14-42(2)8-7-16(32)10-34)15-44-31-40-28-19(30(41-31)43-12-17-3-4-18(13-43)39-17)9-21(33)25(27(28)36)26-22(35)5-6-23-24(26)20(11-37)29(38)45-23/h5-6,9-10,17-18,39H,3-4,7-8,12-15,38H2,1-2H3/b16-10+/t17-,18+,32-/m0/s1. The number of thiophene rings is 1. The van der Waals surface area contributed by atoms with Gasteiger partial charge in [-0.15, -0.1) is 11.3 Å². The molecule has 8 nitrogen and oxygen atoms in total. The topological polar surface area (TPSA) is 103 Å². The van der Waals surface area contributed by atoms with Crippen molar-refractivity contribution in [3.63, 3.8) is 0 Å². The lowest BCUT2D eigenvalue weighted by molar-refractivity contribution is 0.109. The molecule has 234 valence electrons. The van der Waals surface area contributed by atoms with Crippen LogP contribution < -0.4 is 20.7 Å². The van der Waals surface area contributed by atoms with E-state index in [4.69, 9.17) is 27.1 Å². The van der Waals surface area contributed by atoms with Crippen molar-refractivity contribution in [2.24, 2.45) is 5.41 Å². The number of nitriles is 1. The second-order valence-electron chi connectivity index (χ2n) is 12.5. The summed E-state index contributed by atoms with van der Waals surface area (Å²) in [5.74, 6) is -1.15. The number of hydrogen-bond acceptors (Lipinski definition) is 9. The third-order valence-electron chi connectivity index (χ3n) is 9.36. The van der Waals surface area contributed by atoms with Gasteiger partial charge in [-0.25, -0.2) is 13.2 Å². The third kappa shape index (κ3) is 5.06. The van der Waals surface area contributed by atoms with Crippen LogP contribution in [0.1, 0.15) is 31.7 Å². The summed E-state index contributed by atoms with van der Waals surface area (Å²) in [7, 11) is 1.97. The van der Waals surface area contributed by atoms with Crippen molar-refractivity contribution in [2.75, 3.05) is 50.5 Å². The number of nitrogen functional groups attached to an aromatic ring is 1. The van der Waals surface area contributed by atoms with E-state index in [0.717, 1.165) is 30.7 Å². The van der Waals surface area contributed by atoms with Gasteiger partial charge in [0.2, 0.25) is 0 Å². The van der Waals surface area contributed by atoms with E-state index in [-0.39, 0.29) is 62.3 Å². The van der Waals surface area contributed by atoms with E-state index in [2.05, 4.69) is 20.1 Å². The van der Waals surface area contributed by atoms with Crippen molar-refractivity contribution in [2.45, 2.75) is 38.3 Å². The van der Waals surface area contributed by atoms with Gasteiger partial charge in [0, 0.05) is 70.3 Å². The number of rotatable bonds is 5. The number of nitrogens with zero attached hydrogens (tertiary/aromatic N) is 5. The molecule has 3 N–H and O–H groups in total. The number of hydrogen-bond donors (Lipinski definition) is 2. The predicted molar refractivity (Wildman–Crippen MR) is 171 cm³/mol. The Labute approximate surface area is 267 Å². The summed E-state index contributed by atoms with van der Waals surface area (Å²) in [6, 6.07) is 6.75. The van der Waals surface area contributed by atoms with Gasteiger partial charge in [-0.3, -0.25) is 0 Å². The van der Waals surface area contributed by atoms with E-state index < -0.39 is 17.0 Å². The fourth-order valence-electron chi connectivity index (χ4n) is 7.14. The van der Waals surface area contributed by atoms with Gasteiger partial charge in [-0.2, -0.15) is 15.2 Å². The highest BCUT2D eigenvalue weighted by Gasteiger charge is 2.37. The van der Waals surface area contributed by atoms with Gasteiger partial charge in [-0.1, -0.05) is 18.5 Å². The van der Waals surface area contributed by atoms with E-state index in [1.165, 1.54) is 12.1 Å². The maximum Gasteiger partial charge on any atom is 0.319 e. The van der Waals surface area contributed by atoms with E-state index >= 15 is 8.78 Å². The van der Waals surface area contributed by atoms with Gasteiger partial charge in [0.25, 0.3) is 0 Å². The number of fused-ring (bicyclic) bond motifs is 4. The van der Waals surface area contributed by atoms with E-state index in [1.54, 1.807) is 6.07 Å². The Morgan fingerprint density at radius 3 is 2.71 bits per heavy atom. The van der Waals surface area contributed by atoms with Crippen LogP contribution in [0.5, 0.6) is 6.01 Å². The molecule has 0 spiro atoms. The first kappa shape index (κ1) is 30.0. The predicted octanol–water partition coefficient (Wildman–Crippen LogP) is 6.41. The van der Waals surface area contributed by atoms with Crippen LogP contribution in [0.15, 0.2) is 30.1 Å². The summed E-state index contributed by atoms with van der Waals surface area (Å²) in [6.45, 7) is 4.58. The summed E-state index contributed by atoms with van der Waals surface area (Å²) >= 11 is 7.90. The summed E-state index contributed by atoms with van der Waals surface area (Å²) in [5, 5.41) is 14.1. The number of benzene rings is 2.